The van der Waals surface area contributed by atoms with Crippen LogP contribution in [0.2, 0.25) is 0 Å². The van der Waals surface area contributed by atoms with Gasteiger partial charge in [0, 0.05) is 11.5 Å². The fourth-order valence-corrected chi connectivity index (χ4v) is 4.04. The predicted molar refractivity (Wildman–Crippen MR) is 117 cm³/mol. The molecule has 0 spiro atoms. The number of carbonyl (C=O) groups is 1. The maximum absolute atomic E-state index is 13.3. The van der Waals surface area contributed by atoms with Crippen molar-refractivity contribution in [2.45, 2.75) is 13.0 Å². The fraction of sp³-hybridized carbons (Fsp3) is 0.217. The molecule has 1 aromatic heterocycles. The predicted octanol–water partition coefficient (Wildman–Crippen LogP) is 4.69. The van der Waals surface area contributed by atoms with E-state index in [1.54, 1.807) is 43.5 Å². The molecule has 2 heterocycles. The van der Waals surface area contributed by atoms with Crippen LogP contribution in [-0.4, -0.2) is 31.1 Å². The molecule has 0 N–H and O–H groups in total. The first-order chi connectivity index (χ1) is 14.5. The van der Waals surface area contributed by atoms with Gasteiger partial charge in [-0.3, -0.25) is 9.59 Å². The van der Waals surface area contributed by atoms with Crippen LogP contribution in [0.3, 0.4) is 0 Å². The van der Waals surface area contributed by atoms with E-state index in [0.29, 0.717) is 41.2 Å². The van der Waals surface area contributed by atoms with E-state index in [-0.39, 0.29) is 17.1 Å². The van der Waals surface area contributed by atoms with Crippen molar-refractivity contribution in [2.75, 3.05) is 20.3 Å². The molecule has 30 heavy (non-hydrogen) atoms. The van der Waals surface area contributed by atoms with Gasteiger partial charge < -0.3 is 18.8 Å². The summed E-state index contributed by atoms with van der Waals surface area (Å²) in [7, 11) is 1.66. The average Bonchev–Trinajstić information content (AvgIpc) is 2.99. The van der Waals surface area contributed by atoms with Gasteiger partial charge in [0.25, 0.3) is 5.91 Å². The molecular formula is C23H20BrNO5. The van der Waals surface area contributed by atoms with Crippen molar-refractivity contribution in [3.63, 3.8) is 0 Å². The molecule has 154 valence electrons. The van der Waals surface area contributed by atoms with Gasteiger partial charge in [-0.2, -0.15) is 0 Å². The van der Waals surface area contributed by atoms with E-state index in [1.807, 2.05) is 13.0 Å². The van der Waals surface area contributed by atoms with Gasteiger partial charge in [0.1, 0.15) is 12.2 Å². The molecule has 0 radical (unpaired) electrons. The van der Waals surface area contributed by atoms with E-state index < -0.39 is 6.04 Å². The number of hydrogen-bond donors (Lipinski definition) is 0. The number of amides is 1. The Bertz CT molecular complexity index is 1220. The SMILES string of the molecule is C=CCOc1ccc(C2c3c(oc4ccc(Br)cc4c3=O)C(=O)N2C)cc1OCC. The number of halogens is 1. The van der Waals surface area contributed by atoms with Crippen molar-refractivity contribution in [2.24, 2.45) is 0 Å². The van der Waals surface area contributed by atoms with Crippen LogP contribution in [0.1, 0.15) is 34.6 Å². The Morgan fingerprint density at radius 3 is 2.70 bits per heavy atom. The lowest BCUT2D eigenvalue weighted by Crippen LogP contribution is -2.25. The van der Waals surface area contributed by atoms with Gasteiger partial charge >= 0.3 is 0 Å². The summed E-state index contributed by atoms with van der Waals surface area (Å²) in [5.74, 6) is 0.857. The normalized spacial score (nSPS) is 15.4. The third kappa shape index (κ3) is 3.29. The van der Waals surface area contributed by atoms with Crippen molar-refractivity contribution in [3.8, 4) is 11.5 Å². The molecule has 1 aliphatic heterocycles. The molecule has 3 aromatic rings. The largest absolute Gasteiger partial charge is 0.490 e. The van der Waals surface area contributed by atoms with Crippen LogP contribution in [0.15, 0.2) is 62.7 Å². The molecule has 1 amide bonds. The molecule has 4 rings (SSSR count). The highest BCUT2D eigenvalue weighted by atomic mass is 79.9. The smallest absolute Gasteiger partial charge is 0.290 e. The summed E-state index contributed by atoms with van der Waals surface area (Å²) in [4.78, 5) is 27.7. The molecule has 0 saturated carbocycles. The van der Waals surface area contributed by atoms with Gasteiger partial charge in [-0.1, -0.05) is 34.7 Å². The number of ether oxygens (including phenoxy) is 2. The van der Waals surface area contributed by atoms with Crippen LogP contribution in [0, 0.1) is 0 Å². The Hall–Kier alpha value is -3.06. The summed E-state index contributed by atoms with van der Waals surface area (Å²) in [6.45, 7) is 6.33. The summed E-state index contributed by atoms with van der Waals surface area (Å²) in [5.41, 5.74) is 1.23. The first-order valence-electron chi connectivity index (χ1n) is 9.50. The van der Waals surface area contributed by atoms with Crippen LogP contribution < -0.4 is 14.9 Å². The molecule has 1 unspecified atom stereocenters. The second kappa shape index (κ2) is 7.99. The van der Waals surface area contributed by atoms with E-state index in [4.69, 9.17) is 13.9 Å². The summed E-state index contributed by atoms with van der Waals surface area (Å²) in [5, 5.41) is 0.423. The summed E-state index contributed by atoms with van der Waals surface area (Å²) >= 11 is 3.39. The van der Waals surface area contributed by atoms with Crippen LogP contribution in [0.5, 0.6) is 11.5 Å². The maximum atomic E-state index is 13.3. The number of nitrogens with zero attached hydrogens (tertiary/aromatic N) is 1. The van der Waals surface area contributed by atoms with E-state index in [2.05, 4.69) is 22.5 Å². The number of fused-ring (bicyclic) bond motifs is 2. The molecule has 0 aliphatic carbocycles. The van der Waals surface area contributed by atoms with Crippen molar-refractivity contribution < 1.29 is 18.7 Å². The molecular weight excluding hydrogens is 450 g/mol. The van der Waals surface area contributed by atoms with Crippen LogP contribution >= 0.6 is 15.9 Å². The lowest BCUT2D eigenvalue weighted by Gasteiger charge is -2.22. The summed E-state index contributed by atoms with van der Waals surface area (Å²) in [6, 6.07) is 9.98. The Kier molecular flexibility index (Phi) is 5.39. The number of hydrogen-bond acceptors (Lipinski definition) is 5. The van der Waals surface area contributed by atoms with Gasteiger partial charge in [-0.15, -0.1) is 0 Å². The minimum atomic E-state index is -0.584. The first-order valence-corrected chi connectivity index (χ1v) is 10.3. The second-order valence-corrected chi connectivity index (χ2v) is 7.79. The molecule has 1 aliphatic rings. The molecule has 1 atom stereocenters. The Morgan fingerprint density at radius 1 is 1.17 bits per heavy atom. The molecule has 6 nitrogen and oxygen atoms in total. The zero-order valence-electron chi connectivity index (χ0n) is 16.6. The van der Waals surface area contributed by atoms with Crippen molar-refractivity contribution in [1.82, 2.24) is 4.90 Å². The quantitative estimate of drug-likeness (QED) is 0.489. The second-order valence-electron chi connectivity index (χ2n) is 6.87. The lowest BCUT2D eigenvalue weighted by molar-refractivity contribution is 0.0771. The van der Waals surface area contributed by atoms with Crippen molar-refractivity contribution in [1.29, 1.82) is 0 Å². The van der Waals surface area contributed by atoms with Crippen LogP contribution in [0.4, 0.5) is 0 Å². The highest BCUT2D eigenvalue weighted by molar-refractivity contribution is 9.10. The van der Waals surface area contributed by atoms with Gasteiger partial charge in [0.05, 0.1) is 23.6 Å². The minimum absolute atomic E-state index is 0.0762. The molecule has 0 saturated heterocycles. The number of rotatable bonds is 6. The lowest BCUT2D eigenvalue weighted by atomic mass is 9.98. The Balaban J connectivity index is 1.89. The van der Waals surface area contributed by atoms with Crippen molar-refractivity contribution in [3.05, 3.63) is 80.6 Å². The highest BCUT2D eigenvalue weighted by Gasteiger charge is 2.41. The van der Waals surface area contributed by atoms with Crippen LogP contribution in [-0.2, 0) is 0 Å². The summed E-state index contributed by atoms with van der Waals surface area (Å²) in [6.07, 6.45) is 1.65. The summed E-state index contributed by atoms with van der Waals surface area (Å²) < 4.78 is 18.0. The zero-order valence-corrected chi connectivity index (χ0v) is 18.2. The third-order valence-corrected chi connectivity index (χ3v) is 5.50. The van der Waals surface area contributed by atoms with E-state index in [1.165, 1.54) is 4.90 Å². The molecule has 0 bridgehead atoms. The minimum Gasteiger partial charge on any atom is -0.490 e. The number of benzene rings is 2. The maximum Gasteiger partial charge on any atom is 0.290 e. The van der Waals surface area contributed by atoms with Gasteiger partial charge in [0.2, 0.25) is 5.76 Å². The molecule has 7 heteroatoms. The van der Waals surface area contributed by atoms with Gasteiger partial charge in [-0.25, -0.2) is 0 Å². The van der Waals surface area contributed by atoms with Crippen LogP contribution in [0.25, 0.3) is 11.0 Å². The topological polar surface area (TPSA) is 69.0 Å². The van der Waals surface area contributed by atoms with E-state index in [9.17, 15) is 9.59 Å². The van der Waals surface area contributed by atoms with Gasteiger partial charge in [0.15, 0.2) is 16.9 Å². The zero-order chi connectivity index (χ0) is 21.4. The van der Waals surface area contributed by atoms with Crippen molar-refractivity contribution >= 4 is 32.8 Å². The third-order valence-electron chi connectivity index (χ3n) is 5.00. The van der Waals surface area contributed by atoms with Gasteiger partial charge in [-0.05, 0) is 42.8 Å². The molecule has 2 aromatic carbocycles. The Morgan fingerprint density at radius 2 is 1.97 bits per heavy atom. The number of carbonyl (C=O) groups excluding carboxylic acids is 1. The standard InChI is InChI=1S/C23H20BrNO5/c1-4-10-29-17-8-6-13(11-18(17)28-5-2)20-19-21(26)15-12-14(24)7-9-16(15)30-22(19)23(27)25(20)3/h4,6-9,11-12,20H,1,5,10H2,2-3H3. The molecule has 0 fully saturated rings. The monoisotopic (exact) mass is 469 g/mol. The highest BCUT2D eigenvalue weighted by Crippen LogP contribution is 2.40. The fourth-order valence-electron chi connectivity index (χ4n) is 3.68. The van der Waals surface area contributed by atoms with E-state index in [0.717, 1.165) is 10.0 Å². The van der Waals surface area contributed by atoms with E-state index >= 15 is 0 Å². The Labute approximate surface area is 181 Å². The average molecular weight is 470 g/mol. The first kappa shape index (κ1) is 20.2.